The first-order chi connectivity index (χ1) is 12.1. The van der Waals surface area contributed by atoms with Gasteiger partial charge >= 0.3 is 0 Å². The van der Waals surface area contributed by atoms with Gasteiger partial charge in [0.25, 0.3) is 0 Å². The van der Waals surface area contributed by atoms with Crippen molar-refractivity contribution in [2.24, 2.45) is 0 Å². The first-order valence-corrected chi connectivity index (χ1v) is 10.7. The Labute approximate surface area is 181 Å². The second-order valence-electron chi connectivity index (χ2n) is 5.10. The van der Waals surface area contributed by atoms with Gasteiger partial charge < -0.3 is 9.47 Å². The molecule has 2 aromatic carbocycles. The summed E-state index contributed by atoms with van der Waals surface area (Å²) in [4.78, 5) is 0. The average Bonchev–Trinajstić information content (AvgIpc) is 2.59. The van der Waals surface area contributed by atoms with Crippen LogP contribution in [0.5, 0.6) is 0 Å². The van der Waals surface area contributed by atoms with Gasteiger partial charge in [-0.2, -0.15) is 0 Å². The quantitative estimate of drug-likeness (QED) is 0.238. The zero-order valence-corrected chi connectivity index (χ0v) is 19.6. The summed E-state index contributed by atoms with van der Waals surface area (Å²) in [5.41, 5.74) is 5.31. The molecule has 25 heavy (non-hydrogen) atoms. The minimum Gasteiger partial charge on any atom is -0.372 e. The monoisotopic (exact) mass is 592 g/mol. The summed E-state index contributed by atoms with van der Waals surface area (Å²) in [6.07, 6.45) is 3.71. The van der Waals surface area contributed by atoms with E-state index in [2.05, 4.69) is 69.5 Å². The molecule has 2 nitrogen and oxygen atoms in total. The van der Waals surface area contributed by atoms with Crippen LogP contribution in [0.3, 0.4) is 0 Å². The van der Waals surface area contributed by atoms with Gasteiger partial charge in [-0.3, -0.25) is 0 Å². The molecule has 2 aromatic rings. The van der Waals surface area contributed by atoms with Gasteiger partial charge in [0, 0.05) is 17.9 Å². The minimum absolute atomic E-state index is 0.518. The molecule has 0 N–H and O–H groups in total. The summed E-state index contributed by atoms with van der Waals surface area (Å²) in [7, 11) is 0. The van der Waals surface area contributed by atoms with Crippen LogP contribution in [0.4, 0.5) is 0 Å². The Hall–Kier alpha value is -0.200. The summed E-state index contributed by atoms with van der Waals surface area (Å²) in [6, 6.07) is 12.1. The first kappa shape index (κ1) is 21.1. The van der Waals surface area contributed by atoms with Gasteiger partial charge in [-0.25, -0.2) is 0 Å². The Bertz CT molecular complexity index is 707. The summed E-state index contributed by atoms with van der Waals surface area (Å²) in [5.74, 6) is 0. The highest BCUT2D eigenvalue weighted by Crippen LogP contribution is 2.24. The Morgan fingerprint density at radius 2 is 1.12 bits per heavy atom. The highest BCUT2D eigenvalue weighted by molar-refractivity contribution is 9.13. The molecule has 0 saturated carbocycles. The van der Waals surface area contributed by atoms with E-state index < -0.39 is 0 Å². The fourth-order valence-electron chi connectivity index (χ4n) is 1.91. The molecule has 0 saturated heterocycles. The van der Waals surface area contributed by atoms with Crippen molar-refractivity contribution in [3.05, 3.63) is 83.3 Å². The highest BCUT2D eigenvalue weighted by Gasteiger charge is 1.99. The fourth-order valence-corrected chi connectivity index (χ4v) is 3.26. The molecule has 2 rings (SSSR count). The van der Waals surface area contributed by atoms with Gasteiger partial charge in [-0.1, -0.05) is 12.1 Å². The molecule has 0 heterocycles. The van der Waals surface area contributed by atoms with Crippen molar-refractivity contribution >= 4 is 63.7 Å². The standard InChI is InChI=1S/C19H16Br4O2/c20-16-6-4-14(10-18(16)22)12-24-8-2-1-3-9-25-13-15-5-7-17(21)19(23)11-15/h2-7,10-11H,8-9,12-13H2. The van der Waals surface area contributed by atoms with Crippen LogP contribution in [-0.2, 0) is 22.7 Å². The van der Waals surface area contributed by atoms with Crippen molar-refractivity contribution in [3.63, 3.8) is 0 Å². The molecule has 0 unspecified atom stereocenters. The third-order valence-corrected chi connectivity index (χ3v) is 6.90. The van der Waals surface area contributed by atoms with Gasteiger partial charge in [0.1, 0.15) is 0 Å². The number of benzene rings is 2. The summed E-state index contributed by atoms with van der Waals surface area (Å²) >= 11 is 13.9. The van der Waals surface area contributed by atoms with E-state index in [9.17, 15) is 0 Å². The van der Waals surface area contributed by atoms with E-state index >= 15 is 0 Å². The summed E-state index contributed by atoms with van der Waals surface area (Å²) < 4.78 is 15.3. The molecule has 0 bridgehead atoms. The number of hydrogen-bond donors (Lipinski definition) is 0. The summed E-state index contributed by atoms with van der Waals surface area (Å²) in [5, 5.41) is 0. The fraction of sp³-hybridized carbons (Fsp3) is 0.211. The Morgan fingerprint density at radius 1 is 0.680 bits per heavy atom. The van der Waals surface area contributed by atoms with E-state index in [1.54, 1.807) is 0 Å². The van der Waals surface area contributed by atoms with E-state index in [0.29, 0.717) is 26.4 Å². The third-order valence-electron chi connectivity index (χ3n) is 3.14. The van der Waals surface area contributed by atoms with Crippen molar-refractivity contribution in [2.45, 2.75) is 13.2 Å². The molecule has 6 heteroatoms. The highest BCUT2D eigenvalue weighted by atomic mass is 79.9. The molecular formula is C19H16Br4O2. The minimum atomic E-state index is 0.518. The Kier molecular flexibility index (Phi) is 9.71. The zero-order chi connectivity index (χ0) is 18.1. The maximum atomic E-state index is 5.59. The Balaban J connectivity index is 1.63. The zero-order valence-electron chi connectivity index (χ0n) is 13.3. The normalized spacial score (nSPS) is 10.4. The van der Waals surface area contributed by atoms with Gasteiger partial charge in [-0.15, -0.1) is 5.73 Å². The molecule has 0 aliphatic rings. The first-order valence-electron chi connectivity index (χ1n) is 7.49. The van der Waals surface area contributed by atoms with Gasteiger partial charge in [-0.05, 0) is 111 Å². The molecule has 0 spiro atoms. The topological polar surface area (TPSA) is 18.5 Å². The molecule has 132 valence electrons. The van der Waals surface area contributed by atoms with E-state index in [1.165, 1.54) is 0 Å². The lowest BCUT2D eigenvalue weighted by molar-refractivity contribution is 0.147. The SMILES string of the molecule is Brc1ccc(COCC=C=CCOCc2ccc(Br)c(Br)c2)cc1Br. The molecule has 0 radical (unpaired) electrons. The van der Waals surface area contributed by atoms with E-state index in [0.717, 1.165) is 29.0 Å². The predicted octanol–water partition coefficient (Wildman–Crippen LogP) is 7.18. The molecule has 0 atom stereocenters. The van der Waals surface area contributed by atoms with Gasteiger partial charge in [0.05, 0.1) is 26.4 Å². The number of halogens is 4. The molecule has 0 aromatic heterocycles. The second kappa shape index (κ2) is 11.5. The molecule has 0 aliphatic heterocycles. The van der Waals surface area contributed by atoms with Crippen molar-refractivity contribution < 1.29 is 9.47 Å². The van der Waals surface area contributed by atoms with Crippen LogP contribution in [0, 0.1) is 0 Å². The van der Waals surface area contributed by atoms with Crippen molar-refractivity contribution in [1.82, 2.24) is 0 Å². The Morgan fingerprint density at radius 3 is 1.52 bits per heavy atom. The van der Waals surface area contributed by atoms with Crippen LogP contribution < -0.4 is 0 Å². The second-order valence-corrected chi connectivity index (χ2v) is 8.52. The molecule has 0 aliphatic carbocycles. The van der Waals surface area contributed by atoms with Gasteiger partial charge in [0.2, 0.25) is 0 Å². The number of rotatable bonds is 8. The predicted molar refractivity (Wildman–Crippen MR) is 116 cm³/mol. The van der Waals surface area contributed by atoms with Crippen LogP contribution in [0.2, 0.25) is 0 Å². The van der Waals surface area contributed by atoms with Crippen molar-refractivity contribution in [2.75, 3.05) is 13.2 Å². The average molecular weight is 596 g/mol. The summed E-state index contributed by atoms with van der Waals surface area (Å²) in [6.45, 7) is 2.17. The van der Waals surface area contributed by atoms with Crippen molar-refractivity contribution in [3.8, 4) is 0 Å². The van der Waals surface area contributed by atoms with Crippen LogP contribution in [0.25, 0.3) is 0 Å². The van der Waals surface area contributed by atoms with Crippen LogP contribution in [-0.4, -0.2) is 13.2 Å². The lowest BCUT2D eigenvalue weighted by Gasteiger charge is -2.03. The van der Waals surface area contributed by atoms with E-state index in [4.69, 9.17) is 9.47 Å². The largest absolute Gasteiger partial charge is 0.372 e. The third kappa shape index (κ3) is 7.92. The molecule has 0 amide bonds. The van der Waals surface area contributed by atoms with Gasteiger partial charge in [0.15, 0.2) is 0 Å². The van der Waals surface area contributed by atoms with Crippen molar-refractivity contribution in [1.29, 1.82) is 0 Å². The van der Waals surface area contributed by atoms with Crippen LogP contribution in [0.15, 0.2) is 72.2 Å². The maximum absolute atomic E-state index is 5.59. The maximum Gasteiger partial charge on any atom is 0.0725 e. The van der Waals surface area contributed by atoms with Crippen LogP contribution in [0.1, 0.15) is 11.1 Å². The lowest BCUT2D eigenvalue weighted by Crippen LogP contribution is -1.93. The molecular weight excluding hydrogens is 580 g/mol. The molecule has 0 fully saturated rings. The smallest absolute Gasteiger partial charge is 0.0725 e. The van der Waals surface area contributed by atoms with Crippen LogP contribution >= 0.6 is 63.7 Å². The van der Waals surface area contributed by atoms with E-state index in [-0.39, 0.29) is 0 Å². The number of hydrogen-bond acceptors (Lipinski definition) is 2. The number of ether oxygens (including phenoxy) is 2. The van der Waals surface area contributed by atoms with E-state index in [1.807, 2.05) is 48.6 Å². The lowest BCUT2D eigenvalue weighted by atomic mass is 10.2.